The van der Waals surface area contributed by atoms with Gasteiger partial charge in [-0.25, -0.2) is 4.98 Å². The molecule has 0 atom stereocenters. The highest BCUT2D eigenvalue weighted by Gasteiger charge is 2.21. The van der Waals surface area contributed by atoms with E-state index in [0.29, 0.717) is 6.42 Å². The molecular weight excluding hydrogens is 298 g/mol. The summed E-state index contributed by atoms with van der Waals surface area (Å²) in [6.07, 6.45) is 5.22. The number of carbonyl (C=O) groups is 1. The van der Waals surface area contributed by atoms with Crippen molar-refractivity contribution in [2.45, 2.75) is 19.9 Å². The molecule has 0 radical (unpaired) electrons. The van der Waals surface area contributed by atoms with Crippen LogP contribution in [-0.4, -0.2) is 56.8 Å². The molecule has 2 aromatic rings. The third-order valence-electron chi connectivity index (χ3n) is 3.73. The van der Waals surface area contributed by atoms with Crippen LogP contribution in [-0.2, 0) is 17.8 Å². The summed E-state index contributed by atoms with van der Waals surface area (Å²) in [5.41, 5.74) is 1.86. The Morgan fingerprint density at radius 1 is 1.23 bits per heavy atom. The lowest BCUT2D eigenvalue weighted by molar-refractivity contribution is -0.132. The Morgan fingerprint density at radius 3 is 2.68 bits per heavy atom. The molecule has 0 aliphatic carbocycles. The SMILES string of the molecule is Cc1nc(CN2CCN(C(=O)Cc3cnccn3)CC2)cs1. The molecular formula is C15H19N5OS. The zero-order chi connectivity index (χ0) is 15.4. The van der Waals surface area contributed by atoms with Gasteiger partial charge in [-0.05, 0) is 6.92 Å². The van der Waals surface area contributed by atoms with Gasteiger partial charge in [-0.2, -0.15) is 0 Å². The van der Waals surface area contributed by atoms with Crippen LogP contribution in [0.4, 0.5) is 0 Å². The lowest BCUT2D eigenvalue weighted by Crippen LogP contribution is -2.48. The lowest BCUT2D eigenvalue weighted by Gasteiger charge is -2.34. The van der Waals surface area contributed by atoms with E-state index < -0.39 is 0 Å². The Kier molecular flexibility index (Phi) is 4.74. The van der Waals surface area contributed by atoms with E-state index in [4.69, 9.17) is 0 Å². The number of hydrogen-bond donors (Lipinski definition) is 0. The van der Waals surface area contributed by atoms with Crippen LogP contribution in [0.2, 0.25) is 0 Å². The predicted octanol–water partition coefficient (Wildman–Crippen LogP) is 1.13. The minimum absolute atomic E-state index is 0.129. The van der Waals surface area contributed by atoms with E-state index in [1.54, 1.807) is 29.9 Å². The van der Waals surface area contributed by atoms with E-state index >= 15 is 0 Å². The third kappa shape index (κ3) is 3.86. The Morgan fingerprint density at radius 2 is 2.05 bits per heavy atom. The van der Waals surface area contributed by atoms with Crippen LogP contribution in [0.25, 0.3) is 0 Å². The van der Waals surface area contributed by atoms with Gasteiger partial charge in [0, 0.05) is 56.7 Å². The van der Waals surface area contributed by atoms with Crippen molar-refractivity contribution in [1.29, 1.82) is 0 Å². The smallest absolute Gasteiger partial charge is 0.228 e. The number of thiazole rings is 1. The summed E-state index contributed by atoms with van der Waals surface area (Å²) in [6.45, 7) is 6.21. The second-order valence-electron chi connectivity index (χ2n) is 5.39. The topological polar surface area (TPSA) is 62.2 Å². The number of aromatic nitrogens is 3. The van der Waals surface area contributed by atoms with Crippen LogP contribution < -0.4 is 0 Å². The lowest BCUT2D eigenvalue weighted by atomic mass is 10.2. The Hall–Kier alpha value is -1.86. The number of aryl methyl sites for hydroxylation is 1. The molecule has 22 heavy (non-hydrogen) atoms. The van der Waals surface area contributed by atoms with Crippen molar-refractivity contribution in [2.75, 3.05) is 26.2 Å². The molecule has 0 saturated carbocycles. The minimum atomic E-state index is 0.129. The molecule has 0 unspecified atom stereocenters. The molecule has 116 valence electrons. The van der Waals surface area contributed by atoms with Crippen molar-refractivity contribution < 1.29 is 4.79 Å². The summed E-state index contributed by atoms with van der Waals surface area (Å²) in [7, 11) is 0. The molecule has 0 bridgehead atoms. The summed E-state index contributed by atoms with van der Waals surface area (Å²) in [4.78, 5) is 29.2. The molecule has 3 heterocycles. The summed E-state index contributed by atoms with van der Waals surface area (Å²) < 4.78 is 0. The summed E-state index contributed by atoms with van der Waals surface area (Å²) in [6, 6.07) is 0. The number of rotatable bonds is 4. The van der Waals surface area contributed by atoms with Gasteiger partial charge in [0.2, 0.25) is 5.91 Å². The van der Waals surface area contributed by atoms with Crippen LogP contribution >= 0.6 is 11.3 Å². The first kappa shape index (κ1) is 15.1. The van der Waals surface area contributed by atoms with Gasteiger partial charge in [0.1, 0.15) is 0 Å². The van der Waals surface area contributed by atoms with Crippen LogP contribution in [0.3, 0.4) is 0 Å². The molecule has 0 spiro atoms. The fourth-order valence-electron chi connectivity index (χ4n) is 2.55. The van der Waals surface area contributed by atoms with Crippen molar-refractivity contribution in [2.24, 2.45) is 0 Å². The van der Waals surface area contributed by atoms with E-state index in [1.165, 1.54) is 0 Å². The number of nitrogens with zero attached hydrogens (tertiary/aromatic N) is 5. The molecule has 3 rings (SSSR count). The van der Waals surface area contributed by atoms with E-state index in [-0.39, 0.29) is 5.91 Å². The monoisotopic (exact) mass is 317 g/mol. The maximum absolute atomic E-state index is 12.3. The summed E-state index contributed by atoms with van der Waals surface area (Å²) in [5.74, 6) is 0.129. The van der Waals surface area contributed by atoms with Gasteiger partial charge >= 0.3 is 0 Å². The molecule has 1 aliphatic rings. The molecule has 7 heteroatoms. The zero-order valence-corrected chi connectivity index (χ0v) is 13.4. The molecule has 1 amide bonds. The van der Waals surface area contributed by atoms with E-state index in [2.05, 4.69) is 25.2 Å². The van der Waals surface area contributed by atoms with Gasteiger partial charge in [0.25, 0.3) is 0 Å². The first-order valence-electron chi connectivity index (χ1n) is 7.37. The quantitative estimate of drug-likeness (QED) is 0.846. The summed E-state index contributed by atoms with van der Waals surface area (Å²) in [5, 5.41) is 3.22. The van der Waals surface area contributed by atoms with Gasteiger partial charge in [0.05, 0.1) is 22.8 Å². The van der Waals surface area contributed by atoms with Gasteiger partial charge in [-0.15, -0.1) is 11.3 Å². The van der Waals surface area contributed by atoms with Crippen molar-refractivity contribution >= 4 is 17.2 Å². The zero-order valence-electron chi connectivity index (χ0n) is 12.6. The van der Waals surface area contributed by atoms with Crippen LogP contribution in [0, 0.1) is 6.92 Å². The average Bonchev–Trinajstić information content (AvgIpc) is 2.94. The highest BCUT2D eigenvalue weighted by Crippen LogP contribution is 2.12. The van der Waals surface area contributed by atoms with E-state index in [0.717, 1.165) is 49.1 Å². The minimum Gasteiger partial charge on any atom is -0.340 e. The molecule has 1 aliphatic heterocycles. The van der Waals surface area contributed by atoms with Crippen molar-refractivity contribution in [1.82, 2.24) is 24.8 Å². The summed E-state index contributed by atoms with van der Waals surface area (Å²) >= 11 is 1.68. The highest BCUT2D eigenvalue weighted by atomic mass is 32.1. The van der Waals surface area contributed by atoms with Crippen LogP contribution in [0.15, 0.2) is 24.0 Å². The fourth-order valence-corrected chi connectivity index (χ4v) is 3.16. The normalized spacial score (nSPS) is 16.0. The Bertz CT molecular complexity index is 622. The first-order valence-corrected chi connectivity index (χ1v) is 8.25. The van der Waals surface area contributed by atoms with E-state index in [9.17, 15) is 4.79 Å². The number of piperazine rings is 1. The van der Waals surface area contributed by atoms with Gasteiger partial charge in [0.15, 0.2) is 0 Å². The number of carbonyl (C=O) groups excluding carboxylic acids is 1. The van der Waals surface area contributed by atoms with Crippen molar-refractivity contribution in [3.63, 3.8) is 0 Å². The van der Waals surface area contributed by atoms with Gasteiger partial charge < -0.3 is 4.90 Å². The molecule has 1 saturated heterocycles. The van der Waals surface area contributed by atoms with Crippen LogP contribution in [0.5, 0.6) is 0 Å². The standard InChI is InChI=1S/C15H19N5OS/c1-12-18-14(11-22-12)10-19-4-6-20(7-5-19)15(21)8-13-9-16-2-3-17-13/h2-3,9,11H,4-8,10H2,1H3. The maximum atomic E-state index is 12.3. The third-order valence-corrected chi connectivity index (χ3v) is 4.55. The predicted molar refractivity (Wildman–Crippen MR) is 84.4 cm³/mol. The van der Waals surface area contributed by atoms with Crippen LogP contribution in [0.1, 0.15) is 16.4 Å². The van der Waals surface area contributed by atoms with Gasteiger partial charge in [-0.1, -0.05) is 0 Å². The molecule has 1 fully saturated rings. The average molecular weight is 317 g/mol. The molecule has 2 aromatic heterocycles. The Labute approximate surface area is 133 Å². The number of amides is 1. The maximum Gasteiger partial charge on any atom is 0.228 e. The van der Waals surface area contributed by atoms with Crippen molar-refractivity contribution in [3.05, 3.63) is 40.4 Å². The second-order valence-corrected chi connectivity index (χ2v) is 6.45. The van der Waals surface area contributed by atoms with Crippen molar-refractivity contribution in [3.8, 4) is 0 Å². The van der Waals surface area contributed by atoms with E-state index in [1.807, 2.05) is 11.8 Å². The highest BCUT2D eigenvalue weighted by molar-refractivity contribution is 7.09. The Balaban J connectivity index is 1.48. The second kappa shape index (κ2) is 6.93. The largest absolute Gasteiger partial charge is 0.340 e. The molecule has 0 N–H and O–H groups in total. The number of hydrogen-bond acceptors (Lipinski definition) is 6. The molecule has 0 aromatic carbocycles. The fraction of sp³-hybridized carbons (Fsp3) is 0.467. The first-order chi connectivity index (χ1) is 10.7. The van der Waals surface area contributed by atoms with Gasteiger partial charge in [-0.3, -0.25) is 19.7 Å². The molecule has 6 nitrogen and oxygen atoms in total.